The summed E-state index contributed by atoms with van der Waals surface area (Å²) in [7, 11) is 1.37. The molecule has 1 heterocycles. The van der Waals surface area contributed by atoms with Gasteiger partial charge in [0.15, 0.2) is 0 Å². The summed E-state index contributed by atoms with van der Waals surface area (Å²) in [6.07, 6.45) is -0.327. The van der Waals surface area contributed by atoms with Crippen molar-refractivity contribution in [3.63, 3.8) is 0 Å². The Balaban J connectivity index is 1.71. The van der Waals surface area contributed by atoms with Gasteiger partial charge in [-0.15, -0.1) is 0 Å². The van der Waals surface area contributed by atoms with Crippen LogP contribution in [0.5, 0.6) is 0 Å². The normalized spacial score (nSPS) is 15.9. The Bertz CT molecular complexity index is 1180. The van der Waals surface area contributed by atoms with Gasteiger partial charge in [0.25, 0.3) is 5.91 Å². The number of carbonyl (C=O) groups is 2. The predicted molar refractivity (Wildman–Crippen MR) is 124 cm³/mol. The lowest BCUT2D eigenvalue weighted by Crippen LogP contribution is -2.39. The van der Waals surface area contributed by atoms with Crippen LogP contribution in [0.4, 0.5) is 4.39 Å². The van der Waals surface area contributed by atoms with Gasteiger partial charge >= 0.3 is 5.97 Å². The fraction of sp³-hybridized carbons (Fsp3) is 0.259. The molecule has 3 aromatic rings. The second-order valence-electron chi connectivity index (χ2n) is 8.41. The summed E-state index contributed by atoms with van der Waals surface area (Å²) in [6.45, 7) is 4.34. The Kier molecular flexibility index (Phi) is 6.56. The lowest BCUT2D eigenvalue weighted by molar-refractivity contribution is -0.141. The van der Waals surface area contributed by atoms with Crippen LogP contribution in [0, 0.1) is 19.7 Å². The monoisotopic (exact) mass is 446 g/mol. The maximum Gasteiger partial charge on any atom is 0.307 e. The second kappa shape index (κ2) is 9.55. The lowest BCUT2D eigenvalue weighted by Gasteiger charge is -2.31. The van der Waals surface area contributed by atoms with E-state index in [2.05, 4.69) is 11.4 Å². The minimum absolute atomic E-state index is 0.107. The van der Waals surface area contributed by atoms with Crippen LogP contribution >= 0.6 is 0 Å². The number of benzene rings is 3. The van der Waals surface area contributed by atoms with E-state index in [1.54, 1.807) is 17.0 Å². The number of hydrogen-bond acceptors (Lipinski definition) is 4. The van der Waals surface area contributed by atoms with Crippen molar-refractivity contribution >= 4 is 11.9 Å². The third kappa shape index (κ3) is 4.81. The van der Waals surface area contributed by atoms with Gasteiger partial charge < -0.3 is 9.64 Å². The molecule has 2 unspecified atom stereocenters. The Labute approximate surface area is 193 Å². The van der Waals surface area contributed by atoms with Crippen molar-refractivity contribution < 1.29 is 18.7 Å². The van der Waals surface area contributed by atoms with Crippen molar-refractivity contribution in [1.29, 1.82) is 0 Å². The first-order valence-corrected chi connectivity index (χ1v) is 10.9. The highest BCUT2D eigenvalue weighted by Gasteiger charge is 2.38. The number of halogens is 1. The molecule has 3 aromatic carbocycles. The summed E-state index contributed by atoms with van der Waals surface area (Å²) >= 11 is 0. The molecule has 2 atom stereocenters. The number of aryl methyl sites for hydroxylation is 2. The number of rotatable bonds is 7. The van der Waals surface area contributed by atoms with Gasteiger partial charge in [-0.05, 0) is 48.7 Å². The van der Waals surface area contributed by atoms with Crippen molar-refractivity contribution in [3.8, 4) is 0 Å². The van der Waals surface area contributed by atoms with Gasteiger partial charge in [0, 0.05) is 23.7 Å². The summed E-state index contributed by atoms with van der Waals surface area (Å²) in [6, 6.07) is 19.3. The van der Waals surface area contributed by atoms with Crippen LogP contribution in [0.25, 0.3) is 0 Å². The van der Waals surface area contributed by atoms with Gasteiger partial charge in [0.2, 0.25) is 0 Å². The standard InChI is InChI=1S/C27H27FN2O3/c1-17-8-13-21(18(2)14-17)24(15-25(31)33-3)29-26-22-6-4-5-7-23(22)27(32)30(26)16-19-9-11-20(28)12-10-19/h4-14,24,26,29H,15-16H2,1-3H3. The van der Waals surface area contributed by atoms with E-state index in [1.807, 2.05) is 50.2 Å². The summed E-state index contributed by atoms with van der Waals surface area (Å²) < 4.78 is 18.4. The van der Waals surface area contributed by atoms with Crippen LogP contribution in [0.15, 0.2) is 66.7 Å². The van der Waals surface area contributed by atoms with Crippen molar-refractivity contribution in [1.82, 2.24) is 10.2 Å². The van der Waals surface area contributed by atoms with Crippen molar-refractivity contribution in [2.75, 3.05) is 7.11 Å². The molecule has 0 bridgehead atoms. The van der Waals surface area contributed by atoms with Crippen molar-refractivity contribution in [3.05, 3.63) is 106 Å². The van der Waals surface area contributed by atoms with Crippen LogP contribution in [0.3, 0.4) is 0 Å². The highest BCUT2D eigenvalue weighted by atomic mass is 19.1. The third-order valence-corrected chi connectivity index (χ3v) is 6.08. The fourth-order valence-electron chi connectivity index (χ4n) is 4.42. The number of methoxy groups -OCH3 is 1. The molecule has 1 aliphatic rings. The van der Waals surface area contributed by atoms with Crippen LogP contribution in [0.2, 0.25) is 0 Å². The largest absolute Gasteiger partial charge is 0.469 e. The van der Waals surface area contributed by atoms with Crippen molar-refractivity contribution in [2.24, 2.45) is 0 Å². The smallest absolute Gasteiger partial charge is 0.307 e. The molecule has 0 radical (unpaired) electrons. The molecule has 5 nitrogen and oxygen atoms in total. The van der Waals surface area contributed by atoms with E-state index in [0.29, 0.717) is 12.1 Å². The first-order chi connectivity index (χ1) is 15.9. The van der Waals surface area contributed by atoms with Crippen LogP contribution in [-0.2, 0) is 16.1 Å². The van der Waals surface area contributed by atoms with E-state index < -0.39 is 6.17 Å². The lowest BCUT2D eigenvalue weighted by atomic mass is 9.96. The quantitative estimate of drug-likeness (QED) is 0.520. The Morgan fingerprint density at radius 2 is 1.82 bits per heavy atom. The molecule has 0 saturated carbocycles. The fourth-order valence-corrected chi connectivity index (χ4v) is 4.42. The molecular formula is C27H27FN2O3. The number of amides is 1. The molecule has 0 spiro atoms. The molecule has 6 heteroatoms. The maximum atomic E-state index is 13.4. The summed E-state index contributed by atoms with van der Waals surface area (Å²) in [5, 5.41) is 3.56. The highest BCUT2D eigenvalue weighted by molar-refractivity contribution is 5.99. The summed E-state index contributed by atoms with van der Waals surface area (Å²) in [5.41, 5.74) is 5.45. The Morgan fingerprint density at radius 3 is 2.52 bits per heavy atom. The first kappa shape index (κ1) is 22.7. The van der Waals surface area contributed by atoms with Gasteiger partial charge in [-0.1, -0.05) is 54.1 Å². The molecule has 33 heavy (non-hydrogen) atoms. The van der Waals surface area contributed by atoms with Gasteiger partial charge in [-0.3, -0.25) is 14.9 Å². The van der Waals surface area contributed by atoms with Gasteiger partial charge in [-0.2, -0.15) is 0 Å². The molecule has 1 amide bonds. The van der Waals surface area contributed by atoms with Crippen LogP contribution in [-0.4, -0.2) is 23.9 Å². The molecule has 170 valence electrons. The molecule has 0 fully saturated rings. The predicted octanol–water partition coefficient (Wildman–Crippen LogP) is 4.99. The minimum Gasteiger partial charge on any atom is -0.469 e. The zero-order chi connectivity index (χ0) is 23.5. The van der Waals surface area contributed by atoms with E-state index in [4.69, 9.17) is 4.74 Å². The Morgan fingerprint density at radius 1 is 1.09 bits per heavy atom. The van der Waals surface area contributed by atoms with E-state index in [0.717, 1.165) is 27.8 Å². The maximum absolute atomic E-state index is 13.4. The second-order valence-corrected chi connectivity index (χ2v) is 8.41. The van der Waals surface area contributed by atoms with Crippen molar-refractivity contribution in [2.45, 2.75) is 39.0 Å². The molecule has 1 aliphatic heterocycles. The van der Waals surface area contributed by atoms with Gasteiger partial charge in [-0.25, -0.2) is 4.39 Å². The van der Waals surface area contributed by atoms with Crippen LogP contribution < -0.4 is 5.32 Å². The SMILES string of the molecule is COC(=O)CC(NC1c2ccccc2C(=O)N1Cc1ccc(F)cc1)c1ccc(C)cc1C. The Hall–Kier alpha value is -3.51. The molecule has 0 aromatic heterocycles. The average molecular weight is 447 g/mol. The number of nitrogens with one attached hydrogen (secondary N) is 1. The summed E-state index contributed by atoms with van der Waals surface area (Å²) in [5.74, 6) is -0.766. The zero-order valence-electron chi connectivity index (χ0n) is 19.0. The minimum atomic E-state index is -0.450. The number of hydrogen-bond donors (Lipinski definition) is 1. The molecule has 1 N–H and O–H groups in total. The highest BCUT2D eigenvalue weighted by Crippen LogP contribution is 2.36. The number of ether oxygens (including phenoxy) is 1. The zero-order valence-corrected chi connectivity index (χ0v) is 19.0. The number of fused-ring (bicyclic) bond motifs is 1. The van der Waals surface area contributed by atoms with E-state index in [-0.39, 0.29) is 30.2 Å². The topological polar surface area (TPSA) is 58.6 Å². The average Bonchev–Trinajstić information content (AvgIpc) is 3.06. The van der Waals surface area contributed by atoms with E-state index in [1.165, 1.54) is 19.2 Å². The number of nitrogens with zero attached hydrogens (tertiary/aromatic N) is 1. The van der Waals surface area contributed by atoms with E-state index >= 15 is 0 Å². The van der Waals surface area contributed by atoms with E-state index in [9.17, 15) is 14.0 Å². The van der Waals surface area contributed by atoms with Gasteiger partial charge in [0.05, 0.1) is 13.5 Å². The molecule has 4 rings (SSSR count). The number of esters is 1. The number of carbonyl (C=O) groups excluding carboxylic acids is 2. The third-order valence-electron chi connectivity index (χ3n) is 6.08. The summed E-state index contributed by atoms with van der Waals surface area (Å²) in [4.78, 5) is 27.3. The van der Waals surface area contributed by atoms with Crippen LogP contribution in [0.1, 0.15) is 56.8 Å². The first-order valence-electron chi connectivity index (χ1n) is 10.9. The molecule has 0 aliphatic carbocycles. The molecule has 0 saturated heterocycles. The molecular weight excluding hydrogens is 419 g/mol. The van der Waals surface area contributed by atoms with Gasteiger partial charge in [0.1, 0.15) is 12.0 Å².